The zero-order chi connectivity index (χ0) is 18.2. The summed E-state index contributed by atoms with van der Waals surface area (Å²) in [6.45, 7) is 5.85. The van der Waals surface area contributed by atoms with Gasteiger partial charge in [-0.2, -0.15) is 8.42 Å². The summed E-state index contributed by atoms with van der Waals surface area (Å²) < 4.78 is 42.1. The lowest BCUT2D eigenvalue weighted by atomic mass is 10.0. The van der Waals surface area contributed by atoms with E-state index in [1.807, 2.05) is 12.1 Å². The summed E-state index contributed by atoms with van der Waals surface area (Å²) in [5.74, 6) is 0.178. The SMILES string of the molecule is CC1=C(c2ccc(C(C)C)cc2)S(=O)(=O)N=C1Nc1cccc(F)c1. The van der Waals surface area contributed by atoms with E-state index in [0.29, 0.717) is 22.7 Å². The predicted octanol–water partition coefficient (Wildman–Crippen LogP) is 4.53. The molecule has 6 heteroatoms. The average Bonchev–Trinajstić information content (AvgIpc) is 2.76. The molecular formula is C19H19FN2O2S. The number of amidine groups is 1. The van der Waals surface area contributed by atoms with Gasteiger partial charge in [0.15, 0.2) is 0 Å². The van der Waals surface area contributed by atoms with Crippen molar-refractivity contribution >= 4 is 26.5 Å². The predicted molar refractivity (Wildman–Crippen MR) is 99.5 cm³/mol. The number of sulfonamides is 1. The third-order valence-corrected chi connectivity index (χ3v) is 5.57. The Morgan fingerprint density at radius 3 is 2.36 bits per heavy atom. The second-order valence-corrected chi connectivity index (χ2v) is 7.82. The highest BCUT2D eigenvalue weighted by Gasteiger charge is 2.31. The molecule has 1 aliphatic rings. The van der Waals surface area contributed by atoms with E-state index >= 15 is 0 Å². The molecule has 0 unspecified atom stereocenters. The summed E-state index contributed by atoms with van der Waals surface area (Å²) in [5, 5.41) is 2.89. The molecule has 2 aromatic rings. The molecule has 0 saturated heterocycles. The van der Waals surface area contributed by atoms with E-state index in [4.69, 9.17) is 0 Å². The van der Waals surface area contributed by atoms with Crippen molar-refractivity contribution in [3.05, 3.63) is 71.0 Å². The Bertz CT molecular complexity index is 975. The number of rotatable bonds is 3. The summed E-state index contributed by atoms with van der Waals surface area (Å²) in [5.41, 5.74) is 2.70. The maximum atomic E-state index is 13.3. The zero-order valence-electron chi connectivity index (χ0n) is 14.2. The number of hydrogen-bond acceptors (Lipinski definition) is 3. The first-order valence-corrected chi connectivity index (χ1v) is 9.41. The van der Waals surface area contributed by atoms with Crippen molar-refractivity contribution in [1.29, 1.82) is 0 Å². The number of hydrogen-bond donors (Lipinski definition) is 1. The van der Waals surface area contributed by atoms with Crippen LogP contribution in [0.3, 0.4) is 0 Å². The Morgan fingerprint density at radius 1 is 1.08 bits per heavy atom. The maximum Gasteiger partial charge on any atom is 0.285 e. The number of anilines is 1. The molecule has 0 amide bonds. The van der Waals surface area contributed by atoms with Gasteiger partial charge in [0, 0.05) is 11.3 Å². The molecule has 0 saturated carbocycles. The number of halogens is 1. The second kappa shape index (κ2) is 6.44. The molecular weight excluding hydrogens is 339 g/mol. The van der Waals surface area contributed by atoms with Crippen LogP contribution >= 0.6 is 0 Å². The molecule has 1 N–H and O–H groups in total. The molecule has 3 rings (SSSR count). The summed E-state index contributed by atoms with van der Waals surface area (Å²) in [6.07, 6.45) is 0. The van der Waals surface area contributed by atoms with Crippen LogP contribution in [0.25, 0.3) is 4.91 Å². The van der Waals surface area contributed by atoms with Crippen molar-refractivity contribution in [2.75, 3.05) is 5.32 Å². The largest absolute Gasteiger partial charge is 0.339 e. The van der Waals surface area contributed by atoms with E-state index in [1.54, 1.807) is 31.2 Å². The molecule has 0 bridgehead atoms. The van der Waals surface area contributed by atoms with Crippen molar-refractivity contribution < 1.29 is 12.8 Å². The van der Waals surface area contributed by atoms with Gasteiger partial charge >= 0.3 is 0 Å². The average molecular weight is 358 g/mol. The molecule has 0 spiro atoms. The van der Waals surface area contributed by atoms with Crippen LogP contribution in [-0.2, 0) is 10.0 Å². The minimum absolute atomic E-state index is 0.182. The van der Waals surface area contributed by atoms with E-state index in [-0.39, 0.29) is 10.7 Å². The monoisotopic (exact) mass is 358 g/mol. The van der Waals surface area contributed by atoms with Gasteiger partial charge in [-0.1, -0.05) is 44.2 Å². The Labute approximate surface area is 147 Å². The Balaban J connectivity index is 1.98. The van der Waals surface area contributed by atoms with Crippen LogP contribution in [0.15, 0.2) is 58.5 Å². The molecule has 130 valence electrons. The summed E-state index contributed by atoms with van der Waals surface area (Å²) in [4.78, 5) is 0.182. The highest BCUT2D eigenvalue weighted by molar-refractivity contribution is 8.00. The van der Waals surface area contributed by atoms with E-state index in [0.717, 1.165) is 5.56 Å². The van der Waals surface area contributed by atoms with E-state index in [9.17, 15) is 12.8 Å². The smallest absolute Gasteiger partial charge is 0.285 e. The van der Waals surface area contributed by atoms with Gasteiger partial charge in [0.1, 0.15) is 16.6 Å². The van der Waals surface area contributed by atoms with E-state index in [2.05, 4.69) is 23.6 Å². The van der Waals surface area contributed by atoms with Crippen LogP contribution in [-0.4, -0.2) is 14.3 Å². The van der Waals surface area contributed by atoms with Crippen LogP contribution in [0.4, 0.5) is 10.1 Å². The molecule has 0 fully saturated rings. The van der Waals surface area contributed by atoms with Gasteiger partial charge in [0.05, 0.1) is 0 Å². The summed E-state index contributed by atoms with van der Waals surface area (Å²) >= 11 is 0. The zero-order valence-corrected chi connectivity index (χ0v) is 15.1. The van der Waals surface area contributed by atoms with Gasteiger partial charge < -0.3 is 5.32 Å². The fraction of sp³-hybridized carbons (Fsp3) is 0.211. The third-order valence-electron chi connectivity index (χ3n) is 4.09. The van der Waals surface area contributed by atoms with Crippen LogP contribution < -0.4 is 5.32 Å². The van der Waals surface area contributed by atoms with Crippen molar-refractivity contribution in [1.82, 2.24) is 0 Å². The maximum absolute atomic E-state index is 13.3. The van der Waals surface area contributed by atoms with Gasteiger partial charge in [0.25, 0.3) is 10.0 Å². The summed E-state index contributed by atoms with van der Waals surface area (Å²) in [7, 11) is -3.79. The normalized spacial score (nSPS) is 16.3. The van der Waals surface area contributed by atoms with Crippen molar-refractivity contribution in [3.63, 3.8) is 0 Å². The van der Waals surface area contributed by atoms with E-state index in [1.165, 1.54) is 12.1 Å². The molecule has 25 heavy (non-hydrogen) atoms. The number of nitrogens with zero attached hydrogens (tertiary/aromatic N) is 1. The lowest BCUT2D eigenvalue weighted by molar-refractivity contribution is 0.608. The van der Waals surface area contributed by atoms with Crippen molar-refractivity contribution in [2.24, 2.45) is 4.40 Å². The van der Waals surface area contributed by atoms with E-state index < -0.39 is 15.8 Å². The highest BCUT2D eigenvalue weighted by atomic mass is 32.2. The molecule has 2 aromatic carbocycles. The third kappa shape index (κ3) is 3.49. The lowest BCUT2D eigenvalue weighted by Crippen LogP contribution is -2.11. The lowest BCUT2D eigenvalue weighted by Gasteiger charge is -2.09. The molecule has 1 heterocycles. The second-order valence-electron chi connectivity index (χ2n) is 6.28. The Morgan fingerprint density at radius 2 is 1.76 bits per heavy atom. The molecule has 0 atom stereocenters. The van der Waals surface area contributed by atoms with Gasteiger partial charge in [0.2, 0.25) is 0 Å². The van der Waals surface area contributed by atoms with Gasteiger partial charge in [-0.3, -0.25) is 0 Å². The van der Waals surface area contributed by atoms with Crippen molar-refractivity contribution in [3.8, 4) is 0 Å². The van der Waals surface area contributed by atoms with Gasteiger partial charge in [-0.25, -0.2) is 4.39 Å². The quantitative estimate of drug-likeness (QED) is 0.877. The first kappa shape index (κ1) is 17.4. The first-order valence-electron chi connectivity index (χ1n) is 7.97. The fourth-order valence-electron chi connectivity index (χ4n) is 2.74. The molecule has 0 radical (unpaired) electrons. The first-order chi connectivity index (χ1) is 11.8. The van der Waals surface area contributed by atoms with Crippen LogP contribution in [0.5, 0.6) is 0 Å². The van der Waals surface area contributed by atoms with Crippen LogP contribution in [0.2, 0.25) is 0 Å². The van der Waals surface area contributed by atoms with Crippen LogP contribution in [0, 0.1) is 5.82 Å². The Kier molecular flexibility index (Phi) is 4.47. The fourth-order valence-corrected chi connectivity index (χ4v) is 4.17. The molecule has 0 aromatic heterocycles. The van der Waals surface area contributed by atoms with Gasteiger partial charge in [-0.15, -0.1) is 4.40 Å². The topological polar surface area (TPSA) is 58.5 Å². The molecule has 1 aliphatic heterocycles. The minimum atomic E-state index is -3.79. The molecule has 4 nitrogen and oxygen atoms in total. The number of nitrogens with one attached hydrogen (secondary N) is 1. The van der Waals surface area contributed by atoms with Crippen LogP contribution in [0.1, 0.15) is 37.8 Å². The summed E-state index contributed by atoms with van der Waals surface area (Å²) in [6, 6.07) is 13.3. The Hall–Kier alpha value is -2.47. The minimum Gasteiger partial charge on any atom is -0.339 e. The molecule has 0 aliphatic carbocycles. The standard InChI is InChI=1S/C19H19FN2O2S/c1-12(2)14-7-9-15(10-8-14)18-13(3)19(22-25(18,23)24)21-17-6-4-5-16(20)11-17/h4-12H,1-3H3,(H,21,22). The number of benzene rings is 2. The highest BCUT2D eigenvalue weighted by Crippen LogP contribution is 2.33. The van der Waals surface area contributed by atoms with Gasteiger partial charge in [-0.05, 0) is 42.2 Å². The van der Waals surface area contributed by atoms with Crippen molar-refractivity contribution in [2.45, 2.75) is 26.7 Å².